The Labute approximate surface area is 114 Å². The van der Waals surface area contributed by atoms with E-state index in [0.29, 0.717) is 6.42 Å². The van der Waals surface area contributed by atoms with Gasteiger partial charge in [-0.1, -0.05) is 6.92 Å². The highest BCUT2D eigenvalue weighted by molar-refractivity contribution is 5.75. The van der Waals surface area contributed by atoms with Crippen LogP contribution in [-0.4, -0.2) is 44.0 Å². The van der Waals surface area contributed by atoms with Gasteiger partial charge in [0.05, 0.1) is 17.4 Å². The van der Waals surface area contributed by atoms with Gasteiger partial charge in [-0.3, -0.25) is 4.79 Å². The van der Waals surface area contributed by atoms with Crippen LogP contribution in [-0.2, 0) is 14.3 Å². The number of rotatable bonds is 6. The van der Waals surface area contributed by atoms with Gasteiger partial charge in [0, 0.05) is 7.05 Å². The summed E-state index contributed by atoms with van der Waals surface area (Å²) in [6.07, 6.45) is -0.0498. The van der Waals surface area contributed by atoms with Gasteiger partial charge in [0.25, 0.3) is 0 Å². The van der Waals surface area contributed by atoms with E-state index in [-0.39, 0.29) is 25.8 Å². The van der Waals surface area contributed by atoms with E-state index in [2.05, 4.69) is 5.32 Å². The van der Waals surface area contributed by atoms with Crippen LogP contribution in [0.4, 0.5) is 4.79 Å². The van der Waals surface area contributed by atoms with E-state index >= 15 is 0 Å². The van der Waals surface area contributed by atoms with E-state index in [1.165, 1.54) is 7.05 Å². The van der Waals surface area contributed by atoms with Gasteiger partial charge in [-0.15, -0.1) is 0 Å². The zero-order valence-corrected chi connectivity index (χ0v) is 12.4. The van der Waals surface area contributed by atoms with Crippen molar-refractivity contribution in [1.82, 2.24) is 5.32 Å². The van der Waals surface area contributed by atoms with Crippen molar-refractivity contribution in [2.24, 2.45) is 10.8 Å². The molecule has 0 aromatic carbocycles. The van der Waals surface area contributed by atoms with Crippen LogP contribution < -0.4 is 5.32 Å². The third kappa shape index (κ3) is 5.92. The summed E-state index contributed by atoms with van der Waals surface area (Å²) in [5.41, 5.74) is -1.36. The molecule has 0 spiro atoms. The molecular weight excluding hydrogens is 250 g/mol. The number of esters is 1. The smallest absolute Gasteiger partial charge is 0.406 e. The fraction of sp³-hybridized carbons (Fsp3) is 0.846. The van der Waals surface area contributed by atoms with Crippen molar-refractivity contribution in [2.45, 2.75) is 34.1 Å². The zero-order chi connectivity index (χ0) is 15.1. The molecule has 0 heterocycles. The summed E-state index contributed by atoms with van der Waals surface area (Å²) < 4.78 is 10.2. The lowest BCUT2D eigenvalue weighted by molar-refractivity contribution is -0.159. The van der Waals surface area contributed by atoms with Crippen molar-refractivity contribution < 1.29 is 24.2 Å². The number of aliphatic hydroxyl groups excluding tert-OH is 1. The van der Waals surface area contributed by atoms with Crippen molar-refractivity contribution in [3.8, 4) is 0 Å². The molecule has 1 atom stereocenters. The Morgan fingerprint density at radius 2 is 1.68 bits per heavy atom. The molecule has 19 heavy (non-hydrogen) atoms. The Morgan fingerprint density at radius 1 is 1.16 bits per heavy atom. The number of carbonyl (C=O) groups is 2. The fourth-order valence-corrected chi connectivity index (χ4v) is 1.17. The average Bonchev–Trinajstić information content (AvgIpc) is 2.37. The number of hydrogen-bond donors (Lipinski definition) is 2. The molecule has 0 aliphatic rings. The highest BCUT2D eigenvalue weighted by atomic mass is 16.6. The summed E-state index contributed by atoms with van der Waals surface area (Å²) in [6.45, 7) is 6.89. The minimum atomic E-state index is -0.757. The lowest BCUT2D eigenvalue weighted by Crippen LogP contribution is -2.39. The summed E-state index contributed by atoms with van der Waals surface area (Å²) >= 11 is 0. The third-order valence-corrected chi connectivity index (χ3v) is 2.92. The molecule has 0 fully saturated rings. The Balaban J connectivity index is 4.54. The molecule has 6 heteroatoms. The van der Waals surface area contributed by atoms with Crippen LogP contribution in [0.5, 0.6) is 0 Å². The first-order chi connectivity index (χ1) is 8.70. The largest absolute Gasteiger partial charge is 0.464 e. The van der Waals surface area contributed by atoms with Crippen LogP contribution in [0.2, 0.25) is 0 Å². The molecule has 1 amide bonds. The number of nitrogens with one attached hydrogen (secondary N) is 1. The van der Waals surface area contributed by atoms with Gasteiger partial charge < -0.3 is 19.9 Å². The second-order valence-electron chi connectivity index (χ2n) is 5.66. The topological polar surface area (TPSA) is 84.9 Å². The standard InChI is InChI=1S/C13H25NO5/c1-6-13(7-15,9-19-11(17)14-5)8-18-10(16)12(2,3)4/h15H,6-9H2,1-5H3,(H,14,17). The minimum Gasteiger partial charge on any atom is -0.464 e. The summed E-state index contributed by atoms with van der Waals surface area (Å²) in [7, 11) is 1.45. The van der Waals surface area contributed by atoms with Crippen molar-refractivity contribution in [3.05, 3.63) is 0 Å². The third-order valence-electron chi connectivity index (χ3n) is 2.92. The SMILES string of the molecule is CCC(CO)(COC(=O)NC)COC(=O)C(C)(C)C. The van der Waals surface area contributed by atoms with E-state index in [1.807, 2.05) is 6.92 Å². The Kier molecular flexibility index (Phi) is 6.83. The highest BCUT2D eigenvalue weighted by Gasteiger charge is 2.33. The molecule has 0 aliphatic carbocycles. The first-order valence-corrected chi connectivity index (χ1v) is 6.33. The molecule has 0 radical (unpaired) electrons. The molecule has 0 rings (SSSR count). The monoisotopic (exact) mass is 275 g/mol. The van der Waals surface area contributed by atoms with Gasteiger partial charge in [-0.2, -0.15) is 0 Å². The Hall–Kier alpha value is -1.30. The van der Waals surface area contributed by atoms with Crippen LogP contribution >= 0.6 is 0 Å². The summed E-state index contributed by atoms with van der Waals surface area (Å²) in [5, 5.41) is 11.8. The van der Waals surface area contributed by atoms with Gasteiger partial charge in [0.15, 0.2) is 0 Å². The van der Waals surface area contributed by atoms with Crippen molar-refractivity contribution in [3.63, 3.8) is 0 Å². The van der Waals surface area contributed by atoms with Gasteiger partial charge in [-0.05, 0) is 27.2 Å². The number of alkyl carbamates (subject to hydrolysis) is 1. The van der Waals surface area contributed by atoms with Crippen molar-refractivity contribution in [1.29, 1.82) is 0 Å². The predicted molar refractivity (Wildman–Crippen MR) is 70.6 cm³/mol. The normalized spacial score (nSPS) is 14.4. The highest BCUT2D eigenvalue weighted by Crippen LogP contribution is 2.24. The number of amides is 1. The predicted octanol–water partition coefficient (Wildman–Crippen LogP) is 1.32. The Bertz CT molecular complexity index is 305. The van der Waals surface area contributed by atoms with Crippen LogP contribution in [0.3, 0.4) is 0 Å². The van der Waals surface area contributed by atoms with E-state index < -0.39 is 16.9 Å². The van der Waals surface area contributed by atoms with Gasteiger partial charge in [-0.25, -0.2) is 4.79 Å². The number of carbonyl (C=O) groups excluding carboxylic acids is 2. The number of aliphatic hydroxyl groups is 1. The second-order valence-corrected chi connectivity index (χ2v) is 5.66. The maximum Gasteiger partial charge on any atom is 0.406 e. The number of ether oxygens (including phenoxy) is 2. The van der Waals surface area contributed by atoms with E-state index in [9.17, 15) is 14.7 Å². The molecule has 0 aliphatic heterocycles. The molecular formula is C13H25NO5. The molecule has 112 valence electrons. The quantitative estimate of drug-likeness (QED) is 0.714. The molecule has 0 aromatic heterocycles. The summed E-state index contributed by atoms with van der Waals surface area (Å²) in [5.74, 6) is -0.348. The Morgan fingerprint density at radius 3 is 2.05 bits per heavy atom. The van der Waals surface area contributed by atoms with Crippen molar-refractivity contribution in [2.75, 3.05) is 26.9 Å². The zero-order valence-electron chi connectivity index (χ0n) is 12.4. The molecule has 1 unspecified atom stereocenters. The first kappa shape index (κ1) is 17.7. The maximum atomic E-state index is 11.7. The summed E-state index contributed by atoms with van der Waals surface area (Å²) in [6, 6.07) is 0. The fourth-order valence-electron chi connectivity index (χ4n) is 1.17. The molecule has 0 bridgehead atoms. The van der Waals surface area contributed by atoms with Gasteiger partial charge in [0.2, 0.25) is 0 Å². The lowest BCUT2D eigenvalue weighted by atomic mass is 9.88. The molecule has 0 saturated heterocycles. The second kappa shape index (κ2) is 7.33. The molecule has 0 saturated carbocycles. The van der Waals surface area contributed by atoms with Crippen LogP contribution in [0.25, 0.3) is 0 Å². The average molecular weight is 275 g/mol. The molecule has 6 nitrogen and oxygen atoms in total. The summed E-state index contributed by atoms with van der Waals surface area (Å²) in [4.78, 5) is 22.8. The van der Waals surface area contributed by atoms with E-state index in [4.69, 9.17) is 9.47 Å². The molecule has 2 N–H and O–H groups in total. The van der Waals surface area contributed by atoms with Crippen molar-refractivity contribution >= 4 is 12.1 Å². The molecule has 0 aromatic rings. The van der Waals surface area contributed by atoms with Crippen LogP contribution in [0.15, 0.2) is 0 Å². The van der Waals surface area contributed by atoms with E-state index in [0.717, 1.165) is 0 Å². The lowest BCUT2D eigenvalue weighted by Gasteiger charge is -2.30. The van der Waals surface area contributed by atoms with E-state index in [1.54, 1.807) is 20.8 Å². The van der Waals surface area contributed by atoms with Crippen LogP contribution in [0, 0.1) is 10.8 Å². The first-order valence-electron chi connectivity index (χ1n) is 6.33. The van der Waals surface area contributed by atoms with Gasteiger partial charge >= 0.3 is 12.1 Å². The maximum absolute atomic E-state index is 11.7. The minimum absolute atomic E-state index is 0.00288. The van der Waals surface area contributed by atoms with Crippen LogP contribution in [0.1, 0.15) is 34.1 Å². The number of hydrogen-bond acceptors (Lipinski definition) is 5. The van der Waals surface area contributed by atoms with Gasteiger partial charge in [0.1, 0.15) is 13.2 Å².